The molecule has 0 atom stereocenters. The second-order valence-corrected chi connectivity index (χ2v) is 16.1. The third kappa shape index (κ3) is 3.47. The molecule has 0 saturated heterocycles. The zero-order valence-corrected chi connectivity index (χ0v) is 20.2. The van der Waals surface area contributed by atoms with Crippen molar-refractivity contribution in [3.05, 3.63) is 110 Å². The van der Waals surface area contributed by atoms with Crippen LogP contribution in [0, 0.1) is 0 Å². The summed E-state index contributed by atoms with van der Waals surface area (Å²) in [5.41, 5.74) is 3.09. The molecule has 6 aromatic rings. The van der Waals surface area contributed by atoms with Crippen LogP contribution in [-0.2, 0) is 0 Å². The predicted molar refractivity (Wildman–Crippen MR) is 130 cm³/mol. The van der Waals surface area contributed by atoms with Crippen molar-refractivity contribution in [1.29, 1.82) is 0 Å². The molecule has 0 N–H and O–H groups in total. The summed E-state index contributed by atoms with van der Waals surface area (Å²) in [6, 6.07) is 31.9. The summed E-state index contributed by atoms with van der Waals surface area (Å²) >= 11 is -2.66. The third-order valence-corrected chi connectivity index (χ3v) is 14.4. The Morgan fingerprint density at radius 1 is 0.419 bits per heavy atom. The van der Waals surface area contributed by atoms with Crippen molar-refractivity contribution in [1.82, 2.24) is 15.0 Å². The van der Waals surface area contributed by atoms with Gasteiger partial charge in [-0.2, -0.15) is 0 Å². The van der Waals surface area contributed by atoms with Crippen molar-refractivity contribution in [2.24, 2.45) is 0 Å². The first-order chi connectivity index (χ1) is 15.3. The van der Waals surface area contributed by atoms with Crippen molar-refractivity contribution >= 4 is 64.3 Å². The molecule has 31 heavy (non-hydrogen) atoms. The summed E-state index contributed by atoms with van der Waals surface area (Å²) in [5, 5.41) is 3.55. The standard InChI is InChI=1S/3C9H6N.Bi/c3*1-2-6-9-8(4-1)5-3-7-10-9;/h3*1-2,4-7H;. The number of benzene rings is 3. The molecule has 0 radical (unpaired) electrons. The Labute approximate surface area is 188 Å². The molecule has 0 amide bonds. The van der Waals surface area contributed by atoms with Crippen LogP contribution in [0.3, 0.4) is 0 Å². The van der Waals surface area contributed by atoms with Gasteiger partial charge in [-0.25, -0.2) is 0 Å². The van der Waals surface area contributed by atoms with E-state index in [1.54, 1.807) is 0 Å². The zero-order chi connectivity index (χ0) is 20.6. The summed E-state index contributed by atoms with van der Waals surface area (Å²) in [5.74, 6) is 0. The summed E-state index contributed by atoms with van der Waals surface area (Å²) in [7, 11) is 0. The molecular weight excluding hydrogens is 575 g/mol. The Kier molecular flexibility index (Phi) is 4.66. The summed E-state index contributed by atoms with van der Waals surface area (Å²) in [6.45, 7) is 0. The predicted octanol–water partition coefficient (Wildman–Crippen LogP) is 3.85. The zero-order valence-electron chi connectivity index (χ0n) is 16.7. The van der Waals surface area contributed by atoms with E-state index in [1.165, 1.54) is 26.0 Å². The van der Waals surface area contributed by atoms with E-state index in [2.05, 4.69) is 91.4 Å². The minimum absolute atomic E-state index is 1.03. The van der Waals surface area contributed by atoms with Gasteiger partial charge in [0, 0.05) is 0 Å². The van der Waals surface area contributed by atoms with E-state index in [9.17, 15) is 0 Å². The third-order valence-electron chi connectivity index (χ3n) is 5.50. The molecule has 3 aromatic heterocycles. The number of para-hydroxylation sites is 3. The van der Waals surface area contributed by atoms with E-state index in [0.717, 1.165) is 16.6 Å². The average Bonchev–Trinajstić information content (AvgIpc) is 2.84. The van der Waals surface area contributed by atoms with E-state index in [-0.39, 0.29) is 0 Å². The minimum atomic E-state index is -2.66. The normalized spacial score (nSPS) is 11.5. The molecule has 0 saturated carbocycles. The van der Waals surface area contributed by atoms with Crippen LogP contribution in [0.1, 0.15) is 0 Å². The van der Waals surface area contributed by atoms with Crippen LogP contribution in [0.15, 0.2) is 110 Å². The molecule has 0 aliphatic heterocycles. The number of hydrogen-bond donors (Lipinski definition) is 0. The quantitative estimate of drug-likeness (QED) is 0.293. The van der Waals surface area contributed by atoms with Crippen LogP contribution >= 0.6 is 0 Å². The first-order valence-electron chi connectivity index (χ1n) is 10.2. The Morgan fingerprint density at radius 2 is 0.742 bits per heavy atom. The van der Waals surface area contributed by atoms with Gasteiger partial charge in [0.2, 0.25) is 0 Å². The molecule has 0 aliphatic rings. The number of rotatable bonds is 3. The molecule has 3 aromatic carbocycles. The van der Waals surface area contributed by atoms with Crippen LogP contribution in [0.25, 0.3) is 32.7 Å². The van der Waals surface area contributed by atoms with Gasteiger partial charge in [-0.15, -0.1) is 0 Å². The van der Waals surface area contributed by atoms with Crippen molar-refractivity contribution in [3.8, 4) is 0 Å². The molecule has 3 nitrogen and oxygen atoms in total. The van der Waals surface area contributed by atoms with Gasteiger partial charge in [0.05, 0.1) is 0 Å². The maximum atomic E-state index is 4.79. The van der Waals surface area contributed by atoms with Crippen molar-refractivity contribution < 1.29 is 0 Å². The van der Waals surface area contributed by atoms with Gasteiger partial charge in [-0.1, -0.05) is 0 Å². The summed E-state index contributed by atoms with van der Waals surface area (Å²) in [6.07, 6.45) is 6.22. The average molecular weight is 593 g/mol. The monoisotopic (exact) mass is 593 g/mol. The molecule has 6 rings (SSSR count). The molecule has 4 heteroatoms. The van der Waals surface area contributed by atoms with Gasteiger partial charge in [0.15, 0.2) is 0 Å². The summed E-state index contributed by atoms with van der Waals surface area (Å²) < 4.78 is 4.01. The number of pyridine rings is 3. The van der Waals surface area contributed by atoms with Gasteiger partial charge >= 0.3 is 189 Å². The molecule has 146 valence electrons. The van der Waals surface area contributed by atoms with Crippen LogP contribution < -0.4 is 9.81 Å². The van der Waals surface area contributed by atoms with Gasteiger partial charge in [-0.3, -0.25) is 0 Å². The van der Waals surface area contributed by atoms with Crippen LogP contribution in [-0.4, -0.2) is 36.7 Å². The fourth-order valence-electron chi connectivity index (χ4n) is 3.99. The van der Waals surface area contributed by atoms with Crippen molar-refractivity contribution in [3.63, 3.8) is 0 Å². The Balaban J connectivity index is 1.59. The second-order valence-electron chi connectivity index (χ2n) is 7.49. The molecule has 0 unspecified atom stereocenters. The molecule has 0 spiro atoms. The van der Waals surface area contributed by atoms with E-state index < -0.39 is 21.8 Å². The number of hydrogen-bond acceptors (Lipinski definition) is 3. The molecule has 0 aliphatic carbocycles. The van der Waals surface area contributed by atoms with Crippen LogP contribution in [0.4, 0.5) is 0 Å². The SMILES string of the molecule is c1ccc2nc[c]([Bi]([c]3cnc4ccccc4c3)[c]3cnc4ccccc4c3)cc2c1. The second kappa shape index (κ2) is 7.79. The number of nitrogens with zero attached hydrogens (tertiary/aromatic N) is 3. The van der Waals surface area contributed by atoms with E-state index >= 15 is 0 Å². The van der Waals surface area contributed by atoms with Gasteiger partial charge in [0.25, 0.3) is 0 Å². The van der Waals surface area contributed by atoms with Crippen molar-refractivity contribution in [2.75, 3.05) is 0 Å². The molecular formula is C27H18BiN3. The van der Waals surface area contributed by atoms with E-state index in [0.29, 0.717) is 0 Å². The maximum absolute atomic E-state index is 4.79. The fraction of sp³-hybridized carbons (Fsp3) is 0. The van der Waals surface area contributed by atoms with Crippen LogP contribution in [0.2, 0.25) is 0 Å². The Hall–Kier alpha value is -3.23. The van der Waals surface area contributed by atoms with Crippen molar-refractivity contribution in [2.45, 2.75) is 0 Å². The first-order valence-corrected chi connectivity index (χ1v) is 15.4. The first kappa shape index (κ1) is 18.5. The summed E-state index contributed by atoms with van der Waals surface area (Å²) in [4.78, 5) is 14.4. The molecule has 0 fully saturated rings. The van der Waals surface area contributed by atoms with Gasteiger partial charge < -0.3 is 0 Å². The van der Waals surface area contributed by atoms with Gasteiger partial charge in [-0.05, 0) is 0 Å². The molecule has 0 bridgehead atoms. The number of fused-ring (bicyclic) bond motifs is 3. The van der Waals surface area contributed by atoms with E-state index in [4.69, 9.17) is 15.0 Å². The van der Waals surface area contributed by atoms with Gasteiger partial charge in [0.1, 0.15) is 0 Å². The molecule has 3 heterocycles. The Bertz CT molecular complexity index is 1370. The number of aromatic nitrogens is 3. The fourth-order valence-corrected chi connectivity index (χ4v) is 12.6. The topological polar surface area (TPSA) is 38.7 Å². The van der Waals surface area contributed by atoms with Crippen LogP contribution in [0.5, 0.6) is 0 Å². The Morgan fingerprint density at radius 3 is 1.10 bits per heavy atom. The van der Waals surface area contributed by atoms with E-state index in [1.807, 2.05) is 18.2 Å².